The number of rotatable bonds is 4. The molecule has 6 nitrogen and oxygen atoms in total. The summed E-state index contributed by atoms with van der Waals surface area (Å²) in [5.41, 5.74) is 2.02. The molecule has 2 heterocycles. The number of hydrogen-bond acceptors (Lipinski definition) is 5. The van der Waals surface area contributed by atoms with E-state index in [-0.39, 0.29) is 10.6 Å². The van der Waals surface area contributed by atoms with E-state index in [0.29, 0.717) is 5.92 Å². The quantitative estimate of drug-likeness (QED) is 0.629. The monoisotopic (exact) mass is 305 g/mol. The summed E-state index contributed by atoms with van der Waals surface area (Å²) in [4.78, 5) is 15.4. The van der Waals surface area contributed by atoms with Crippen LogP contribution in [0.5, 0.6) is 0 Å². The van der Waals surface area contributed by atoms with E-state index < -0.39 is 0 Å². The van der Waals surface area contributed by atoms with Gasteiger partial charge in [0.05, 0.1) is 11.5 Å². The minimum absolute atomic E-state index is 0.198. The number of anilines is 1. The summed E-state index contributed by atoms with van der Waals surface area (Å²) in [5, 5.41) is 10.9. The normalized spacial score (nSPS) is 23.0. The molecule has 2 aliphatic rings. The first-order valence-electron chi connectivity index (χ1n) is 7.93. The molecular weight excluding hydrogens is 282 g/mol. The molecular formula is C16H23N3O3. The van der Waals surface area contributed by atoms with Gasteiger partial charge in [-0.2, -0.15) is 0 Å². The molecule has 1 aromatic carbocycles. The van der Waals surface area contributed by atoms with Crippen LogP contribution >= 0.6 is 0 Å². The van der Waals surface area contributed by atoms with Gasteiger partial charge in [-0.1, -0.05) is 0 Å². The Morgan fingerprint density at radius 3 is 2.68 bits per heavy atom. The average Bonchev–Trinajstić information content (AvgIpc) is 3.00. The fraction of sp³-hybridized carbons (Fsp3) is 0.625. The molecule has 6 heteroatoms. The Hall–Kier alpha value is -1.66. The highest BCUT2D eigenvalue weighted by atomic mass is 16.6. The standard InChI is InChI=1S/C16H23N3O3/c1-13-10-15(2-3-16(13)19(20)21)18-7-5-17(6-8-18)11-14-4-9-22-12-14/h2-3,10,14H,4-9,11-12H2,1H3. The molecule has 0 spiro atoms. The van der Waals surface area contributed by atoms with Crippen LogP contribution < -0.4 is 4.90 Å². The Morgan fingerprint density at radius 1 is 1.32 bits per heavy atom. The van der Waals surface area contributed by atoms with Crippen LogP contribution in [0.25, 0.3) is 0 Å². The highest BCUT2D eigenvalue weighted by Crippen LogP contribution is 2.25. The molecule has 2 saturated heterocycles. The minimum Gasteiger partial charge on any atom is -0.381 e. The summed E-state index contributed by atoms with van der Waals surface area (Å²) in [6.07, 6.45) is 1.18. The summed E-state index contributed by atoms with van der Waals surface area (Å²) in [5.74, 6) is 0.688. The molecule has 1 unspecified atom stereocenters. The number of ether oxygens (including phenoxy) is 1. The predicted molar refractivity (Wildman–Crippen MR) is 85.4 cm³/mol. The van der Waals surface area contributed by atoms with Gasteiger partial charge in [0.15, 0.2) is 0 Å². The summed E-state index contributed by atoms with van der Waals surface area (Å²) < 4.78 is 5.44. The first-order valence-corrected chi connectivity index (χ1v) is 7.93. The lowest BCUT2D eigenvalue weighted by molar-refractivity contribution is -0.385. The van der Waals surface area contributed by atoms with Crippen molar-refractivity contribution in [2.45, 2.75) is 13.3 Å². The van der Waals surface area contributed by atoms with Crippen molar-refractivity contribution in [3.8, 4) is 0 Å². The number of nitro groups is 1. The molecule has 0 bridgehead atoms. The SMILES string of the molecule is Cc1cc(N2CCN(CC3CCOC3)CC2)ccc1[N+](=O)[O-]. The molecule has 3 rings (SSSR count). The van der Waals surface area contributed by atoms with E-state index in [1.54, 1.807) is 13.0 Å². The van der Waals surface area contributed by atoms with Crippen LogP contribution in [0.15, 0.2) is 18.2 Å². The second kappa shape index (κ2) is 6.62. The molecule has 0 radical (unpaired) electrons. The zero-order valence-corrected chi connectivity index (χ0v) is 13.0. The van der Waals surface area contributed by atoms with E-state index in [4.69, 9.17) is 4.74 Å². The molecule has 0 N–H and O–H groups in total. The van der Waals surface area contributed by atoms with Crippen molar-refractivity contribution in [3.05, 3.63) is 33.9 Å². The van der Waals surface area contributed by atoms with Crippen LogP contribution in [0, 0.1) is 23.0 Å². The highest BCUT2D eigenvalue weighted by Gasteiger charge is 2.23. The molecule has 2 fully saturated rings. The number of piperazine rings is 1. The Morgan fingerprint density at radius 2 is 2.09 bits per heavy atom. The van der Waals surface area contributed by atoms with Crippen LogP contribution in [0.4, 0.5) is 11.4 Å². The summed E-state index contributed by atoms with van der Waals surface area (Å²) in [6.45, 7) is 8.80. The van der Waals surface area contributed by atoms with Crippen molar-refractivity contribution in [3.63, 3.8) is 0 Å². The molecule has 120 valence electrons. The third-order valence-electron chi connectivity index (χ3n) is 4.65. The predicted octanol–water partition coefficient (Wildman–Crippen LogP) is 2.06. The van der Waals surface area contributed by atoms with E-state index in [1.165, 1.54) is 6.42 Å². The largest absolute Gasteiger partial charge is 0.381 e. The molecule has 2 aliphatic heterocycles. The molecule has 0 amide bonds. The van der Waals surface area contributed by atoms with Gasteiger partial charge in [0, 0.05) is 56.6 Å². The maximum Gasteiger partial charge on any atom is 0.272 e. The fourth-order valence-corrected chi connectivity index (χ4v) is 3.32. The van der Waals surface area contributed by atoms with Gasteiger partial charge in [0.1, 0.15) is 0 Å². The smallest absolute Gasteiger partial charge is 0.272 e. The van der Waals surface area contributed by atoms with Crippen LogP contribution in [-0.2, 0) is 4.74 Å². The molecule has 1 atom stereocenters. The van der Waals surface area contributed by atoms with E-state index >= 15 is 0 Å². The number of benzene rings is 1. The van der Waals surface area contributed by atoms with Gasteiger partial charge in [-0.05, 0) is 31.4 Å². The zero-order valence-electron chi connectivity index (χ0n) is 13.0. The van der Waals surface area contributed by atoms with Gasteiger partial charge in [-0.3, -0.25) is 15.0 Å². The maximum atomic E-state index is 10.9. The van der Waals surface area contributed by atoms with Crippen molar-refractivity contribution in [2.75, 3.05) is 50.8 Å². The fourth-order valence-electron chi connectivity index (χ4n) is 3.32. The Balaban J connectivity index is 1.56. The second-order valence-electron chi connectivity index (χ2n) is 6.25. The molecule has 0 saturated carbocycles. The molecule has 22 heavy (non-hydrogen) atoms. The maximum absolute atomic E-state index is 10.9. The van der Waals surface area contributed by atoms with Crippen LogP contribution in [0.3, 0.4) is 0 Å². The second-order valence-corrected chi connectivity index (χ2v) is 6.25. The molecule has 0 aromatic heterocycles. The zero-order chi connectivity index (χ0) is 15.5. The highest BCUT2D eigenvalue weighted by molar-refractivity contribution is 5.55. The van der Waals surface area contributed by atoms with E-state index in [9.17, 15) is 10.1 Å². The van der Waals surface area contributed by atoms with Gasteiger partial charge in [-0.15, -0.1) is 0 Å². The molecule has 1 aromatic rings. The number of nitro benzene ring substituents is 1. The van der Waals surface area contributed by atoms with Crippen LogP contribution in [-0.4, -0.2) is 55.8 Å². The minimum atomic E-state index is -0.319. The van der Waals surface area contributed by atoms with E-state index in [1.807, 2.05) is 12.1 Å². The average molecular weight is 305 g/mol. The number of nitrogens with zero attached hydrogens (tertiary/aromatic N) is 3. The first-order chi connectivity index (χ1) is 10.6. The Kier molecular flexibility index (Phi) is 4.59. The lowest BCUT2D eigenvalue weighted by atomic mass is 10.1. The lowest BCUT2D eigenvalue weighted by Gasteiger charge is -2.37. The van der Waals surface area contributed by atoms with Gasteiger partial charge >= 0.3 is 0 Å². The summed E-state index contributed by atoms with van der Waals surface area (Å²) >= 11 is 0. The lowest BCUT2D eigenvalue weighted by Crippen LogP contribution is -2.47. The van der Waals surface area contributed by atoms with Crippen molar-refractivity contribution in [1.29, 1.82) is 0 Å². The van der Waals surface area contributed by atoms with Gasteiger partial charge in [-0.25, -0.2) is 0 Å². The summed E-state index contributed by atoms with van der Waals surface area (Å²) in [6, 6.07) is 5.41. The van der Waals surface area contributed by atoms with Gasteiger partial charge in [0.2, 0.25) is 0 Å². The third-order valence-corrected chi connectivity index (χ3v) is 4.65. The van der Waals surface area contributed by atoms with Crippen LogP contribution in [0.2, 0.25) is 0 Å². The summed E-state index contributed by atoms with van der Waals surface area (Å²) in [7, 11) is 0. The third kappa shape index (κ3) is 3.39. The van der Waals surface area contributed by atoms with E-state index in [2.05, 4.69) is 9.80 Å². The Labute approximate surface area is 130 Å². The van der Waals surface area contributed by atoms with Gasteiger partial charge < -0.3 is 9.64 Å². The number of hydrogen-bond donors (Lipinski definition) is 0. The van der Waals surface area contributed by atoms with Crippen LogP contribution in [0.1, 0.15) is 12.0 Å². The number of aryl methyl sites for hydroxylation is 1. The van der Waals surface area contributed by atoms with Crippen molar-refractivity contribution < 1.29 is 9.66 Å². The van der Waals surface area contributed by atoms with Gasteiger partial charge in [0.25, 0.3) is 5.69 Å². The Bertz CT molecular complexity index is 535. The molecule has 0 aliphatic carbocycles. The van der Waals surface area contributed by atoms with Crippen molar-refractivity contribution in [1.82, 2.24) is 4.90 Å². The first kappa shape index (κ1) is 15.2. The van der Waals surface area contributed by atoms with Crippen molar-refractivity contribution in [2.24, 2.45) is 5.92 Å². The van der Waals surface area contributed by atoms with E-state index in [0.717, 1.165) is 57.2 Å². The topological polar surface area (TPSA) is 58.8 Å². The van der Waals surface area contributed by atoms with Crippen molar-refractivity contribution >= 4 is 11.4 Å².